The van der Waals surface area contributed by atoms with Gasteiger partial charge < -0.3 is 19.2 Å². The number of aromatic nitrogens is 2. The lowest BCUT2D eigenvalue weighted by molar-refractivity contribution is 0.237. The quantitative estimate of drug-likeness (QED) is 0.791. The van der Waals surface area contributed by atoms with Crippen molar-refractivity contribution in [2.75, 3.05) is 27.9 Å². The molecule has 134 valence electrons. The Balaban J connectivity index is 1.88. The molecular weight excluding hydrogens is 342 g/mol. The number of fused-ring (bicyclic) bond motifs is 1. The van der Waals surface area contributed by atoms with Gasteiger partial charge in [-0.05, 0) is 18.3 Å². The van der Waals surface area contributed by atoms with Gasteiger partial charge in [-0.15, -0.1) is 0 Å². The first-order valence-corrected chi connectivity index (χ1v) is 8.32. The average Bonchev–Trinajstić information content (AvgIpc) is 2.61. The minimum Gasteiger partial charge on any atom is -0.496 e. The lowest BCUT2D eigenvalue weighted by Crippen LogP contribution is -2.35. The summed E-state index contributed by atoms with van der Waals surface area (Å²) in [5.74, 6) is 2.00. The Morgan fingerprint density at radius 1 is 1.08 bits per heavy atom. The molecule has 0 bridgehead atoms. The molecule has 1 aliphatic heterocycles. The molecule has 1 aliphatic rings. The van der Waals surface area contributed by atoms with Crippen LogP contribution in [0.1, 0.15) is 16.8 Å². The van der Waals surface area contributed by atoms with Crippen LogP contribution in [0, 0.1) is 4.77 Å². The summed E-state index contributed by atoms with van der Waals surface area (Å²) >= 11 is 5.04. The van der Waals surface area contributed by atoms with Gasteiger partial charge in [0.1, 0.15) is 5.75 Å². The number of aromatic amines is 2. The number of nitrogens with one attached hydrogen (secondary N) is 2. The van der Waals surface area contributed by atoms with E-state index in [9.17, 15) is 4.79 Å². The van der Waals surface area contributed by atoms with E-state index in [1.165, 1.54) is 0 Å². The summed E-state index contributed by atoms with van der Waals surface area (Å²) in [6.45, 7) is 2.01. The van der Waals surface area contributed by atoms with Crippen molar-refractivity contribution in [2.45, 2.75) is 19.5 Å². The van der Waals surface area contributed by atoms with Crippen molar-refractivity contribution >= 4 is 12.2 Å². The molecule has 0 atom stereocenters. The first-order chi connectivity index (χ1) is 12.0. The second-order valence-corrected chi connectivity index (χ2v) is 6.25. The lowest BCUT2D eigenvalue weighted by atomic mass is 10.1. The first-order valence-electron chi connectivity index (χ1n) is 7.91. The lowest BCUT2D eigenvalue weighted by Gasteiger charge is -2.28. The van der Waals surface area contributed by atoms with Gasteiger partial charge >= 0.3 is 0 Å². The molecular formula is C17H21N3O4S. The molecule has 25 heavy (non-hydrogen) atoms. The van der Waals surface area contributed by atoms with Crippen LogP contribution in [0.5, 0.6) is 17.2 Å². The fourth-order valence-corrected chi connectivity index (χ4v) is 3.32. The SMILES string of the molecule is COc1cc(OC)c(OC)cc1CN1CCc2[nH]c(=S)[nH]c(=O)c2C1. The maximum atomic E-state index is 12.2. The molecule has 0 amide bonds. The molecule has 0 saturated carbocycles. The highest BCUT2D eigenvalue weighted by Crippen LogP contribution is 2.35. The second kappa shape index (κ2) is 7.28. The largest absolute Gasteiger partial charge is 0.496 e. The zero-order valence-electron chi connectivity index (χ0n) is 14.5. The molecule has 0 saturated heterocycles. The van der Waals surface area contributed by atoms with Crippen molar-refractivity contribution in [3.63, 3.8) is 0 Å². The van der Waals surface area contributed by atoms with Crippen LogP contribution in [0.15, 0.2) is 16.9 Å². The number of methoxy groups -OCH3 is 3. The number of H-pyrrole nitrogens is 2. The molecule has 0 fully saturated rings. The Morgan fingerprint density at radius 2 is 1.76 bits per heavy atom. The third-order valence-corrected chi connectivity index (χ3v) is 4.57. The molecule has 2 heterocycles. The zero-order valence-corrected chi connectivity index (χ0v) is 15.3. The van der Waals surface area contributed by atoms with Crippen LogP contribution in [0.25, 0.3) is 0 Å². The van der Waals surface area contributed by atoms with E-state index in [1.54, 1.807) is 21.3 Å². The predicted molar refractivity (Wildman–Crippen MR) is 96.2 cm³/mol. The van der Waals surface area contributed by atoms with Gasteiger partial charge in [0.15, 0.2) is 16.3 Å². The van der Waals surface area contributed by atoms with Crippen molar-refractivity contribution in [2.24, 2.45) is 0 Å². The maximum Gasteiger partial charge on any atom is 0.256 e. The van der Waals surface area contributed by atoms with Crippen LogP contribution < -0.4 is 19.8 Å². The maximum absolute atomic E-state index is 12.2. The minimum absolute atomic E-state index is 0.122. The number of nitrogens with zero attached hydrogens (tertiary/aromatic N) is 1. The Kier molecular flexibility index (Phi) is 5.10. The molecule has 0 aliphatic carbocycles. The van der Waals surface area contributed by atoms with E-state index in [1.807, 2.05) is 12.1 Å². The van der Waals surface area contributed by atoms with E-state index in [4.69, 9.17) is 26.4 Å². The highest BCUT2D eigenvalue weighted by molar-refractivity contribution is 7.71. The summed E-state index contributed by atoms with van der Waals surface area (Å²) < 4.78 is 16.6. The predicted octanol–water partition coefficient (Wildman–Crippen LogP) is 2.02. The summed E-state index contributed by atoms with van der Waals surface area (Å²) in [6.07, 6.45) is 0.749. The van der Waals surface area contributed by atoms with Gasteiger partial charge in [-0.2, -0.15) is 0 Å². The standard InChI is InChI=1S/C17H21N3O4S/c1-22-13-7-15(24-3)14(23-2)6-10(13)8-20-5-4-12-11(9-20)16(21)19-17(25)18-12/h6-7H,4-5,8-9H2,1-3H3,(H2,18,19,21,25). The molecule has 2 N–H and O–H groups in total. The summed E-state index contributed by atoms with van der Waals surface area (Å²) in [5.41, 5.74) is 2.51. The number of rotatable bonds is 5. The molecule has 7 nitrogen and oxygen atoms in total. The van der Waals surface area contributed by atoms with E-state index >= 15 is 0 Å². The van der Waals surface area contributed by atoms with Gasteiger partial charge in [0.05, 0.1) is 26.9 Å². The zero-order chi connectivity index (χ0) is 18.0. The molecule has 0 unspecified atom stereocenters. The average molecular weight is 363 g/mol. The number of hydrogen-bond acceptors (Lipinski definition) is 6. The summed E-state index contributed by atoms with van der Waals surface area (Å²) in [6, 6.07) is 3.73. The van der Waals surface area contributed by atoms with Gasteiger partial charge in [-0.1, -0.05) is 0 Å². The van der Waals surface area contributed by atoms with Crippen LogP contribution >= 0.6 is 12.2 Å². The smallest absolute Gasteiger partial charge is 0.256 e. The van der Waals surface area contributed by atoms with Gasteiger partial charge in [-0.3, -0.25) is 14.7 Å². The molecule has 2 aromatic rings. The van der Waals surface area contributed by atoms with Gasteiger partial charge in [-0.25, -0.2) is 0 Å². The topological polar surface area (TPSA) is 79.6 Å². The third kappa shape index (κ3) is 3.54. The molecule has 0 spiro atoms. The van der Waals surface area contributed by atoms with E-state index in [-0.39, 0.29) is 5.56 Å². The fourth-order valence-electron chi connectivity index (χ4n) is 3.10. The van der Waals surface area contributed by atoms with Gasteiger partial charge in [0.2, 0.25) is 0 Å². The summed E-state index contributed by atoms with van der Waals surface area (Å²) in [4.78, 5) is 20.1. The second-order valence-electron chi connectivity index (χ2n) is 5.85. The van der Waals surface area contributed by atoms with Crippen LogP contribution in [-0.2, 0) is 19.5 Å². The van der Waals surface area contributed by atoms with Crippen molar-refractivity contribution in [1.29, 1.82) is 0 Å². The Bertz CT molecular complexity index is 890. The normalized spacial score (nSPS) is 14.0. The van der Waals surface area contributed by atoms with Crippen LogP contribution in [0.4, 0.5) is 0 Å². The first kappa shape index (κ1) is 17.5. The van der Waals surface area contributed by atoms with Crippen molar-refractivity contribution in [3.05, 3.63) is 44.1 Å². The van der Waals surface area contributed by atoms with Gasteiger partial charge in [0, 0.05) is 43.4 Å². The molecule has 1 aromatic heterocycles. The molecule has 8 heteroatoms. The summed E-state index contributed by atoms with van der Waals surface area (Å²) in [5, 5.41) is 0. The van der Waals surface area contributed by atoms with E-state index in [0.717, 1.165) is 35.5 Å². The Hall–Kier alpha value is -2.32. The Labute approximate surface area is 150 Å². The monoisotopic (exact) mass is 363 g/mol. The van der Waals surface area contributed by atoms with Crippen molar-refractivity contribution in [1.82, 2.24) is 14.9 Å². The highest BCUT2D eigenvalue weighted by atomic mass is 32.1. The number of ether oxygens (including phenoxy) is 3. The number of benzene rings is 1. The fraction of sp³-hybridized carbons (Fsp3) is 0.412. The number of hydrogen-bond donors (Lipinski definition) is 2. The van der Waals surface area contributed by atoms with Crippen LogP contribution in [0.2, 0.25) is 0 Å². The molecule has 0 radical (unpaired) electrons. The van der Waals surface area contributed by atoms with Crippen LogP contribution in [0.3, 0.4) is 0 Å². The van der Waals surface area contributed by atoms with Crippen molar-refractivity contribution < 1.29 is 14.2 Å². The van der Waals surface area contributed by atoms with E-state index in [2.05, 4.69) is 14.9 Å². The Morgan fingerprint density at radius 3 is 2.44 bits per heavy atom. The van der Waals surface area contributed by atoms with E-state index in [0.29, 0.717) is 29.4 Å². The van der Waals surface area contributed by atoms with Gasteiger partial charge in [0.25, 0.3) is 5.56 Å². The molecule has 1 aromatic carbocycles. The van der Waals surface area contributed by atoms with Crippen LogP contribution in [-0.4, -0.2) is 42.7 Å². The van der Waals surface area contributed by atoms with E-state index < -0.39 is 0 Å². The summed E-state index contributed by atoms with van der Waals surface area (Å²) in [7, 11) is 4.82. The minimum atomic E-state index is -0.122. The highest BCUT2D eigenvalue weighted by Gasteiger charge is 2.21. The van der Waals surface area contributed by atoms with Crippen molar-refractivity contribution in [3.8, 4) is 17.2 Å². The third-order valence-electron chi connectivity index (χ3n) is 4.37. The molecule has 3 rings (SSSR count).